The highest BCUT2D eigenvalue weighted by molar-refractivity contribution is 5.92. The second-order valence-corrected chi connectivity index (χ2v) is 5.71. The van der Waals surface area contributed by atoms with Crippen LogP contribution < -0.4 is 5.32 Å². The second kappa shape index (κ2) is 5.68. The zero-order valence-electron chi connectivity index (χ0n) is 13.1. The van der Waals surface area contributed by atoms with Crippen molar-refractivity contribution in [3.63, 3.8) is 0 Å². The Morgan fingerprint density at radius 3 is 2.30 bits per heavy atom. The summed E-state index contributed by atoms with van der Waals surface area (Å²) < 4.78 is 42.6. The van der Waals surface area contributed by atoms with Crippen LogP contribution in [-0.4, -0.2) is 16.0 Å². The smallest absolute Gasteiger partial charge is 0.361 e. The first kappa shape index (κ1) is 17.0. The molecule has 0 aromatic carbocycles. The molecule has 5 nitrogen and oxygen atoms in total. The summed E-state index contributed by atoms with van der Waals surface area (Å²) >= 11 is 0. The van der Waals surface area contributed by atoms with Gasteiger partial charge >= 0.3 is 6.18 Å². The van der Waals surface area contributed by atoms with Crippen LogP contribution in [0.15, 0.2) is 22.9 Å². The summed E-state index contributed by atoms with van der Waals surface area (Å²) in [5, 5.41) is 6.57. The molecule has 2 rings (SSSR count). The number of amides is 1. The molecular formula is C15H16F3N3O2. The van der Waals surface area contributed by atoms with Crippen LogP contribution in [0.5, 0.6) is 0 Å². The van der Waals surface area contributed by atoms with Crippen molar-refractivity contribution < 1.29 is 22.5 Å². The molecule has 2 aromatic rings. The van der Waals surface area contributed by atoms with E-state index < -0.39 is 23.2 Å². The van der Waals surface area contributed by atoms with Crippen LogP contribution in [-0.2, 0) is 11.7 Å². The Bertz CT molecular complexity index is 699. The maximum atomic E-state index is 12.5. The average molecular weight is 327 g/mol. The number of carbonyl (C=O) groups is 1. The van der Waals surface area contributed by atoms with Crippen LogP contribution in [0.1, 0.15) is 46.9 Å². The van der Waals surface area contributed by atoms with Gasteiger partial charge in [-0.05, 0) is 39.8 Å². The van der Waals surface area contributed by atoms with E-state index in [1.807, 2.05) is 0 Å². The van der Waals surface area contributed by atoms with Gasteiger partial charge in [0, 0.05) is 11.8 Å². The molecule has 0 saturated carbocycles. The normalized spacial score (nSPS) is 12.3. The van der Waals surface area contributed by atoms with Gasteiger partial charge in [0.05, 0.1) is 16.8 Å². The van der Waals surface area contributed by atoms with Gasteiger partial charge in [-0.1, -0.05) is 5.16 Å². The molecule has 0 fully saturated rings. The second-order valence-electron chi connectivity index (χ2n) is 5.71. The summed E-state index contributed by atoms with van der Waals surface area (Å²) in [6, 6.07) is 1.87. The Balaban J connectivity index is 2.21. The quantitative estimate of drug-likeness (QED) is 0.938. The van der Waals surface area contributed by atoms with Gasteiger partial charge < -0.3 is 9.84 Å². The van der Waals surface area contributed by atoms with Crippen molar-refractivity contribution in [2.24, 2.45) is 0 Å². The standard InChI is InChI=1S/C15H16F3N3O2/c1-8-12(9(2)23-21-8)14(3,4)20-13(22)11-6-5-10(7-19-11)15(16,17)18/h5-7H,1-4H3,(H,20,22). The Morgan fingerprint density at radius 2 is 1.87 bits per heavy atom. The van der Waals surface area contributed by atoms with E-state index in [0.717, 1.165) is 17.7 Å². The molecular weight excluding hydrogens is 311 g/mol. The van der Waals surface area contributed by atoms with Crippen molar-refractivity contribution in [3.8, 4) is 0 Å². The van der Waals surface area contributed by atoms with Crippen molar-refractivity contribution in [2.45, 2.75) is 39.4 Å². The average Bonchev–Trinajstić information content (AvgIpc) is 2.77. The highest BCUT2D eigenvalue weighted by Crippen LogP contribution is 2.29. The van der Waals surface area contributed by atoms with Gasteiger partial charge in [0.25, 0.3) is 5.91 Å². The molecule has 0 aliphatic carbocycles. The van der Waals surface area contributed by atoms with E-state index in [1.54, 1.807) is 27.7 Å². The SMILES string of the molecule is Cc1noc(C)c1C(C)(C)NC(=O)c1ccc(C(F)(F)F)cn1. The Hall–Kier alpha value is -2.38. The molecule has 0 atom stereocenters. The molecule has 2 aromatic heterocycles. The van der Waals surface area contributed by atoms with E-state index in [-0.39, 0.29) is 5.69 Å². The lowest BCUT2D eigenvalue weighted by atomic mass is 9.92. The summed E-state index contributed by atoms with van der Waals surface area (Å²) in [5.74, 6) is -0.0168. The minimum atomic E-state index is -4.49. The van der Waals surface area contributed by atoms with Gasteiger partial charge in [-0.15, -0.1) is 0 Å². The monoisotopic (exact) mass is 327 g/mol. The number of halogens is 3. The number of nitrogens with zero attached hydrogens (tertiary/aromatic N) is 2. The number of hydrogen-bond acceptors (Lipinski definition) is 4. The number of aryl methyl sites for hydroxylation is 2. The zero-order chi connectivity index (χ0) is 17.4. The topological polar surface area (TPSA) is 68.0 Å². The van der Waals surface area contributed by atoms with E-state index in [1.165, 1.54) is 0 Å². The minimum absolute atomic E-state index is 0.0992. The number of carbonyl (C=O) groups excluding carboxylic acids is 1. The first-order valence-corrected chi connectivity index (χ1v) is 6.81. The van der Waals surface area contributed by atoms with Gasteiger partial charge in [-0.25, -0.2) is 0 Å². The van der Waals surface area contributed by atoms with Crippen molar-refractivity contribution >= 4 is 5.91 Å². The van der Waals surface area contributed by atoms with Crippen molar-refractivity contribution in [2.75, 3.05) is 0 Å². The lowest BCUT2D eigenvalue weighted by molar-refractivity contribution is -0.137. The molecule has 0 spiro atoms. The lowest BCUT2D eigenvalue weighted by Crippen LogP contribution is -2.42. The van der Waals surface area contributed by atoms with Gasteiger partial charge in [-0.3, -0.25) is 9.78 Å². The number of nitrogens with one attached hydrogen (secondary N) is 1. The summed E-state index contributed by atoms with van der Waals surface area (Å²) in [5.41, 5.74) is -0.460. The summed E-state index contributed by atoms with van der Waals surface area (Å²) in [6.07, 6.45) is -3.85. The van der Waals surface area contributed by atoms with Crippen LogP contribution in [0.3, 0.4) is 0 Å². The third-order valence-electron chi connectivity index (χ3n) is 3.41. The third kappa shape index (κ3) is 3.52. The number of hydrogen-bond donors (Lipinski definition) is 1. The fourth-order valence-electron chi connectivity index (χ4n) is 2.48. The molecule has 2 heterocycles. The predicted molar refractivity (Wildman–Crippen MR) is 75.7 cm³/mol. The molecule has 23 heavy (non-hydrogen) atoms. The Kier molecular flexibility index (Phi) is 4.19. The van der Waals surface area contributed by atoms with Gasteiger partial charge in [0.1, 0.15) is 11.5 Å². The van der Waals surface area contributed by atoms with Crippen molar-refractivity contribution in [1.29, 1.82) is 0 Å². The molecule has 0 aliphatic rings. The summed E-state index contributed by atoms with van der Waals surface area (Å²) in [4.78, 5) is 15.8. The fourth-order valence-corrected chi connectivity index (χ4v) is 2.48. The largest absolute Gasteiger partial charge is 0.417 e. The van der Waals surface area contributed by atoms with E-state index in [9.17, 15) is 18.0 Å². The van der Waals surface area contributed by atoms with E-state index >= 15 is 0 Å². The molecule has 0 radical (unpaired) electrons. The lowest BCUT2D eigenvalue weighted by Gasteiger charge is -2.26. The summed E-state index contributed by atoms with van der Waals surface area (Å²) in [6.45, 7) is 6.97. The fraction of sp³-hybridized carbons (Fsp3) is 0.400. The number of aromatic nitrogens is 2. The van der Waals surface area contributed by atoms with Crippen LogP contribution in [0.25, 0.3) is 0 Å². The van der Waals surface area contributed by atoms with Crippen molar-refractivity contribution in [1.82, 2.24) is 15.5 Å². The molecule has 1 N–H and O–H groups in total. The molecule has 0 unspecified atom stereocenters. The predicted octanol–water partition coefficient (Wildman–Crippen LogP) is 3.37. The van der Waals surface area contributed by atoms with E-state index in [2.05, 4.69) is 15.5 Å². The molecule has 124 valence electrons. The maximum Gasteiger partial charge on any atom is 0.417 e. The van der Waals surface area contributed by atoms with E-state index in [0.29, 0.717) is 17.7 Å². The highest BCUT2D eigenvalue weighted by atomic mass is 19.4. The Morgan fingerprint density at radius 1 is 1.22 bits per heavy atom. The zero-order valence-corrected chi connectivity index (χ0v) is 13.1. The molecule has 8 heteroatoms. The summed E-state index contributed by atoms with van der Waals surface area (Å²) in [7, 11) is 0. The van der Waals surface area contributed by atoms with Crippen molar-refractivity contribution in [3.05, 3.63) is 46.6 Å². The molecule has 0 saturated heterocycles. The minimum Gasteiger partial charge on any atom is -0.361 e. The number of rotatable bonds is 3. The van der Waals surface area contributed by atoms with Crippen LogP contribution >= 0.6 is 0 Å². The number of alkyl halides is 3. The molecule has 0 aliphatic heterocycles. The van der Waals surface area contributed by atoms with E-state index in [4.69, 9.17) is 4.52 Å². The Labute approximate surface area is 130 Å². The molecule has 0 bridgehead atoms. The third-order valence-corrected chi connectivity index (χ3v) is 3.41. The molecule has 1 amide bonds. The van der Waals surface area contributed by atoms with Gasteiger partial charge in [-0.2, -0.15) is 13.2 Å². The highest BCUT2D eigenvalue weighted by Gasteiger charge is 2.32. The van der Waals surface area contributed by atoms with Crippen LogP contribution in [0.4, 0.5) is 13.2 Å². The number of pyridine rings is 1. The van der Waals surface area contributed by atoms with Gasteiger partial charge in [0.2, 0.25) is 0 Å². The maximum absolute atomic E-state index is 12.5. The van der Waals surface area contributed by atoms with Crippen LogP contribution in [0.2, 0.25) is 0 Å². The van der Waals surface area contributed by atoms with Crippen LogP contribution in [0, 0.1) is 13.8 Å². The first-order chi connectivity index (χ1) is 10.5. The first-order valence-electron chi connectivity index (χ1n) is 6.81. The van der Waals surface area contributed by atoms with Gasteiger partial charge in [0.15, 0.2) is 0 Å².